The molecule has 0 radical (unpaired) electrons. The van der Waals surface area contributed by atoms with Gasteiger partial charge in [0.2, 0.25) is 5.89 Å². The first-order chi connectivity index (χ1) is 8.84. The second kappa shape index (κ2) is 6.76. The minimum absolute atomic E-state index is 0.603. The van der Waals surface area contributed by atoms with Gasteiger partial charge in [-0.15, -0.1) is 0 Å². The number of rotatable bonds is 7. The van der Waals surface area contributed by atoms with Crippen molar-refractivity contribution in [3.63, 3.8) is 0 Å². The van der Waals surface area contributed by atoms with Crippen LogP contribution >= 0.6 is 0 Å². The van der Waals surface area contributed by atoms with Crippen molar-refractivity contribution in [3.8, 4) is 5.75 Å². The number of benzene rings is 1. The molecule has 1 N–H and O–H groups in total. The summed E-state index contributed by atoms with van der Waals surface area (Å²) in [6.45, 7) is 3.96. The molecule has 18 heavy (non-hydrogen) atoms. The van der Waals surface area contributed by atoms with Crippen LogP contribution in [0.25, 0.3) is 0 Å². The van der Waals surface area contributed by atoms with Gasteiger partial charge in [0.05, 0.1) is 13.2 Å². The Morgan fingerprint density at radius 3 is 2.83 bits per heavy atom. The summed E-state index contributed by atoms with van der Waals surface area (Å²) in [5.41, 5.74) is 0. The zero-order valence-electron chi connectivity index (χ0n) is 10.4. The van der Waals surface area contributed by atoms with E-state index in [4.69, 9.17) is 9.26 Å². The van der Waals surface area contributed by atoms with E-state index in [1.165, 1.54) is 0 Å². The predicted molar refractivity (Wildman–Crippen MR) is 67.3 cm³/mol. The van der Waals surface area contributed by atoms with E-state index >= 15 is 0 Å². The Balaban J connectivity index is 1.54. The first-order valence-corrected chi connectivity index (χ1v) is 6.02. The summed E-state index contributed by atoms with van der Waals surface area (Å²) in [4.78, 5) is 4.10. The Labute approximate surface area is 106 Å². The van der Waals surface area contributed by atoms with Crippen LogP contribution in [-0.4, -0.2) is 23.3 Å². The molecule has 5 heteroatoms. The van der Waals surface area contributed by atoms with Crippen molar-refractivity contribution in [1.82, 2.24) is 15.5 Å². The van der Waals surface area contributed by atoms with Gasteiger partial charge in [-0.05, 0) is 32.0 Å². The molecule has 1 aromatic carbocycles. The van der Waals surface area contributed by atoms with E-state index in [9.17, 15) is 0 Å². The van der Waals surface area contributed by atoms with Gasteiger partial charge in [0, 0.05) is 0 Å². The van der Waals surface area contributed by atoms with Crippen LogP contribution in [0.1, 0.15) is 18.1 Å². The second-order valence-electron chi connectivity index (χ2n) is 3.93. The minimum Gasteiger partial charge on any atom is -0.494 e. The zero-order chi connectivity index (χ0) is 12.6. The third-order valence-electron chi connectivity index (χ3n) is 2.36. The molecular formula is C13H17N3O2. The molecule has 0 amide bonds. The van der Waals surface area contributed by atoms with Crippen LogP contribution in [0.15, 0.2) is 34.9 Å². The Morgan fingerprint density at radius 2 is 2.11 bits per heavy atom. The molecule has 0 spiro atoms. The Bertz CT molecular complexity index is 456. The average molecular weight is 247 g/mol. The van der Waals surface area contributed by atoms with Gasteiger partial charge in [-0.25, -0.2) is 0 Å². The minimum atomic E-state index is 0.603. The van der Waals surface area contributed by atoms with Crippen LogP contribution < -0.4 is 10.1 Å². The maximum atomic E-state index is 5.57. The highest BCUT2D eigenvalue weighted by molar-refractivity contribution is 5.20. The van der Waals surface area contributed by atoms with Crippen molar-refractivity contribution < 1.29 is 9.26 Å². The monoisotopic (exact) mass is 247 g/mol. The first-order valence-electron chi connectivity index (χ1n) is 6.02. The normalized spacial score (nSPS) is 10.5. The van der Waals surface area contributed by atoms with Gasteiger partial charge in [-0.1, -0.05) is 23.4 Å². The lowest BCUT2D eigenvalue weighted by Gasteiger charge is -2.05. The molecule has 2 aromatic rings. The number of hydrogen-bond acceptors (Lipinski definition) is 5. The summed E-state index contributed by atoms with van der Waals surface area (Å²) in [5.74, 6) is 2.20. The average Bonchev–Trinajstić information content (AvgIpc) is 2.81. The fourth-order valence-electron chi connectivity index (χ4n) is 1.51. The molecule has 2 rings (SSSR count). The van der Waals surface area contributed by atoms with Gasteiger partial charge in [-0.2, -0.15) is 4.98 Å². The maximum absolute atomic E-state index is 5.57. The van der Waals surface area contributed by atoms with E-state index in [-0.39, 0.29) is 0 Å². The van der Waals surface area contributed by atoms with Gasteiger partial charge in [-0.3, -0.25) is 0 Å². The fraction of sp³-hybridized carbons (Fsp3) is 0.385. The Morgan fingerprint density at radius 1 is 1.28 bits per heavy atom. The van der Waals surface area contributed by atoms with E-state index in [0.29, 0.717) is 24.9 Å². The molecule has 5 nitrogen and oxygen atoms in total. The highest BCUT2D eigenvalue weighted by Gasteiger charge is 2.00. The van der Waals surface area contributed by atoms with Crippen LogP contribution in [0.2, 0.25) is 0 Å². The van der Waals surface area contributed by atoms with Gasteiger partial charge >= 0.3 is 0 Å². The first kappa shape index (κ1) is 12.6. The van der Waals surface area contributed by atoms with Crippen molar-refractivity contribution in [2.45, 2.75) is 19.9 Å². The van der Waals surface area contributed by atoms with E-state index in [1.807, 2.05) is 30.3 Å². The van der Waals surface area contributed by atoms with Crippen molar-refractivity contribution in [2.24, 2.45) is 0 Å². The van der Waals surface area contributed by atoms with Gasteiger partial charge < -0.3 is 14.6 Å². The number of ether oxygens (including phenoxy) is 1. The molecule has 0 bridgehead atoms. The highest BCUT2D eigenvalue weighted by atomic mass is 16.5. The number of nitrogens with zero attached hydrogens (tertiary/aromatic N) is 2. The van der Waals surface area contributed by atoms with E-state index in [0.717, 1.165) is 18.7 Å². The van der Waals surface area contributed by atoms with Gasteiger partial charge in [0.15, 0.2) is 5.82 Å². The molecule has 96 valence electrons. The molecule has 1 heterocycles. The summed E-state index contributed by atoms with van der Waals surface area (Å²) < 4.78 is 10.6. The molecule has 0 aliphatic heterocycles. The summed E-state index contributed by atoms with van der Waals surface area (Å²) in [6.07, 6.45) is 0.933. The number of aryl methyl sites for hydroxylation is 1. The van der Waals surface area contributed by atoms with Crippen LogP contribution in [0.5, 0.6) is 5.75 Å². The van der Waals surface area contributed by atoms with Crippen LogP contribution in [0, 0.1) is 6.92 Å². The molecule has 0 fully saturated rings. The second-order valence-corrected chi connectivity index (χ2v) is 3.93. The highest BCUT2D eigenvalue weighted by Crippen LogP contribution is 2.08. The summed E-state index contributed by atoms with van der Waals surface area (Å²) in [7, 11) is 0. The van der Waals surface area contributed by atoms with Gasteiger partial charge in [0.1, 0.15) is 5.75 Å². The molecule has 0 saturated carbocycles. The summed E-state index contributed by atoms with van der Waals surface area (Å²) >= 11 is 0. The lowest BCUT2D eigenvalue weighted by molar-refractivity contribution is 0.304. The van der Waals surface area contributed by atoms with Crippen LogP contribution in [0.3, 0.4) is 0 Å². The molecule has 0 unspecified atom stereocenters. The quantitative estimate of drug-likeness (QED) is 0.758. The third kappa shape index (κ3) is 4.18. The molecule has 1 aromatic heterocycles. The van der Waals surface area contributed by atoms with E-state index in [1.54, 1.807) is 6.92 Å². The molecule has 0 saturated heterocycles. The molecular weight excluding hydrogens is 230 g/mol. The SMILES string of the molecule is Cc1noc(CNCCCOc2ccccc2)n1. The van der Waals surface area contributed by atoms with Crippen molar-refractivity contribution >= 4 is 0 Å². The predicted octanol–water partition coefficient (Wildman–Crippen LogP) is 1.94. The van der Waals surface area contributed by atoms with E-state index < -0.39 is 0 Å². The molecule has 0 aliphatic carbocycles. The van der Waals surface area contributed by atoms with Crippen molar-refractivity contribution in [3.05, 3.63) is 42.0 Å². The summed E-state index contributed by atoms with van der Waals surface area (Å²) in [5, 5.41) is 6.95. The third-order valence-corrected chi connectivity index (χ3v) is 2.36. The lowest BCUT2D eigenvalue weighted by atomic mass is 10.3. The number of hydrogen-bond donors (Lipinski definition) is 1. The van der Waals surface area contributed by atoms with Crippen molar-refractivity contribution in [2.75, 3.05) is 13.2 Å². The Hall–Kier alpha value is -1.88. The maximum Gasteiger partial charge on any atom is 0.240 e. The van der Waals surface area contributed by atoms with E-state index in [2.05, 4.69) is 15.5 Å². The number of nitrogens with one attached hydrogen (secondary N) is 1. The zero-order valence-corrected chi connectivity index (χ0v) is 10.4. The summed E-state index contributed by atoms with van der Waals surface area (Å²) in [6, 6.07) is 9.81. The number of para-hydroxylation sites is 1. The lowest BCUT2D eigenvalue weighted by Crippen LogP contribution is -2.17. The largest absolute Gasteiger partial charge is 0.494 e. The molecule has 0 aliphatic rings. The van der Waals surface area contributed by atoms with Gasteiger partial charge in [0.25, 0.3) is 0 Å². The smallest absolute Gasteiger partial charge is 0.240 e. The molecule has 0 atom stereocenters. The Kier molecular flexibility index (Phi) is 4.72. The number of aromatic nitrogens is 2. The van der Waals surface area contributed by atoms with Crippen LogP contribution in [-0.2, 0) is 6.54 Å². The van der Waals surface area contributed by atoms with Crippen LogP contribution in [0.4, 0.5) is 0 Å². The standard InChI is InChI=1S/C13H17N3O2/c1-11-15-13(18-16-11)10-14-8-5-9-17-12-6-3-2-4-7-12/h2-4,6-7,14H,5,8-10H2,1H3. The fourth-order valence-corrected chi connectivity index (χ4v) is 1.51. The van der Waals surface area contributed by atoms with Crippen molar-refractivity contribution in [1.29, 1.82) is 0 Å². The topological polar surface area (TPSA) is 60.2 Å².